The van der Waals surface area contributed by atoms with E-state index in [4.69, 9.17) is 0 Å². The number of hydrogen-bond acceptors (Lipinski definition) is 2. The number of benzene rings is 1. The van der Waals surface area contributed by atoms with E-state index in [1.165, 1.54) is 29.3 Å². The predicted molar refractivity (Wildman–Crippen MR) is 94.3 cm³/mol. The van der Waals surface area contributed by atoms with E-state index in [-0.39, 0.29) is 5.91 Å². The van der Waals surface area contributed by atoms with Gasteiger partial charge < -0.3 is 9.47 Å². The molecule has 2 aromatic rings. The summed E-state index contributed by atoms with van der Waals surface area (Å²) in [7, 11) is 0. The van der Waals surface area contributed by atoms with Crippen LogP contribution in [0.1, 0.15) is 54.6 Å². The van der Waals surface area contributed by atoms with E-state index in [0.29, 0.717) is 5.92 Å². The third kappa shape index (κ3) is 2.74. The normalized spacial score (nSPS) is 19.0. The van der Waals surface area contributed by atoms with Gasteiger partial charge in [-0.2, -0.15) is 0 Å². The van der Waals surface area contributed by atoms with Crippen molar-refractivity contribution in [2.45, 2.75) is 45.1 Å². The van der Waals surface area contributed by atoms with Gasteiger partial charge in [0.25, 0.3) is 0 Å². The van der Waals surface area contributed by atoms with Crippen LogP contribution in [0.4, 0.5) is 0 Å². The van der Waals surface area contributed by atoms with Gasteiger partial charge in [0.05, 0.1) is 11.2 Å². The van der Waals surface area contributed by atoms with Crippen LogP contribution >= 0.6 is 0 Å². The second-order valence-corrected chi connectivity index (χ2v) is 7.31. The van der Waals surface area contributed by atoms with Gasteiger partial charge in [0.2, 0.25) is 5.91 Å². The number of fused-ring (bicyclic) bond motifs is 1. The van der Waals surface area contributed by atoms with Crippen molar-refractivity contribution >= 4 is 23.1 Å². The summed E-state index contributed by atoms with van der Waals surface area (Å²) in [6.45, 7) is 4.28. The fraction of sp³-hybridized carbons (Fsp3) is 0.500. The van der Waals surface area contributed by atoms with Crippen LogP contribution < -0.4 is 0 Å². The van der Waals surface area contributed by atoms with Gasteiger partial charge in [-0.05, 0) is 49.1 Å². The van der Waals surface area contributed by atoms with Crippen LogP contribution in [-0.4, -0.2) is 34.7 Å². The Morgan fingerprint density at radius 3 is 2.58 bits per heavy atom. The fourth-order valence-corrected chi connectivity index (χ4v) is 4.06. The number of carbonyl (C=O) groups excluding carboxylic acids is 2. The maximum Gasteiger partial charge on any atom is 0.219 e. The highest BCUT2D eigenvalue weighted by atomic mass is 16.2. The van der Waals surface area contributed by atoms with Gasteiger partial charge in [-0.1, -0.05) is 18.2 Å². The Balaban J connectivity index is 1.71. The number of aldehydes is 1. The molecule has 1 saturated carbocycles. The maximum absolute atomic E-state index is 11.6. The Kier molecular flexibility index (Phi) is 3.91. The molecule has 4 rings (SSSR count). The molecular formula is C20H24N2O2. The van der Waals surface area contributed by atoms with E-state index in [9.17, 15) is 9.59 Å². The molecule has 4 nitrogen and oxygen atoms in total. The number of amides is 1. The fourth-order valence-electron chi connectivity index (χ4n) is 4.06. The molecule has 126 valence electrons. The average molecular weight is 324 g/mol. The highest BCUT2D eigenvalue weighted by Gasteiger charge is 2.27. The number of piperidine rings is 1. The molecule has 0 radical (unpaired) electrons. The molecule has 1 aromatic heterocycles. The number of rotatable bonds is 4. The minimum absolute atomic E-state index is 0.173. The third-order valence-electron chi connectivity index (χ3n) is 5.62. The minimum Gasteiger partial charge on any atom is -0.343 e. The van der Waals surface area contributed by atoms with Crippen molar-refractivity contribution in [3.63, 3.8) is 0 Å². The van der Waals surface area contributed by atoms with Crippen molar-refractivity contribution in [1.82, 2.24) is 9.47 Å². The zero-order chi connectivity index (χ0) is 16.7. The minimum atomic E-state index is 0.173. The Morgan fingerprint density at radius 2 is 1.96 bits per heavy atom. The van der Waals surface area contributed by atoms with E-state index in [1.54, 1.807) is 6.92 Å². The zero-order valence-corrected chi connectivity index (χ0v) is 14.2. The average Bonchev–Trinajstić information content (AvgIpc) is 3.35. The third-order valence-corrected chi connectivity index (χ3v) is 5.62. The van der Waals surface area contributed by atoms with Gasteiger partial charge in [-0.25, -0.2) is 0 Å². The summed E-state index contributed by atoms with van der Waals surface area (Å²) in [6.07, 6.45) is 5.55. The van der Waals surface area contributed by atoms with Crippen LogP contribution in [-0.2, 0) is 11.3 Å². The van der Waals surface area contributed by atoms with E-state index in [2.05, 4.69) is 22.8 Å². The van der Waals surface area contributed by atoms with E-state index in [1.807, 2.05) is 11.0 Å². The first kappa shape index (κ1) is 15.4. The number of carbonyl (C=O) groups is 2. The summed E-state index contributed by atoms with van der Waals surface area (Å²) in [5.74, 6) is 1.37. The molecule has 1 aromatic carbocycles. The lowest BCUT2D eigenvalue weighted by molar-refractivity contribution is -0.129. The van der Waals surface area contributed by atoms with Crippen LogP contribution in [0.25, 0.3) is 10.9 Å². The Morgan fingerprint density at radius 1 is 1.21 bits per heavy atom. The molecule has 0 bridgehead atoms. The van der Waals surface area contributed by atoms with Gasteiger partial charge in [-0.15, -0.1) is 0 Å². The lowest BCUT2D eigenvalue weighted by Crippen LogP contribution is -2.36. The van der Waals surface area contributed by atoms with Crippen LogP contribution in [0.3, 0.4) is 0 Å². The van der Waals surface area contributed by atoms with E-state index >= 15 is 0 Å². The Hall–Kier alpha value is -2.10. The van der Waals surface area contributed by atoms with Gasteiger partial charge in [0.1, 0.15) is 0 Å². The molecule has 2 fully saturated rings. The second kappa shape index (κ2) is 6.08. The topological polar surface area (TPSA) is 42.3 Å². The quantitative estimate of drug-likeness (QED) is 0.807. The van der Waals surface area contributed by atoms with Crippen molar-refractivity contribution in [2.24, 2.45) is 5.92 Å². The van der Waals surface area contributed by atoms with Crippen molar-refractivity contribution in [3.8, 4) is 0 Å². The lowest BCUT2D eigenvalue weighted by atomic mass is 9.88. The molecule has 2 heterocycles. The molecule has 1 amide bonds. The highest BCUT2D eigenvalue weighted by Crippen LogP contribution is 2.37. The van der Waals surface area contributed by atoms with Gasteiger partial charge >= 0.3 is 0 Å². The van der Waals surface area contributed by atoms with Gasteiger partial charge in [0, 0.05) is 31.9 Å². The van der Waals surface area contributed by atoms with Crippen molar-refractivity contribution < 1.29 is 9.59 Å². The summed E-state index contributed by atoms with van der Waals surface area (Å²) >= 11 is 0. The molecular weight excluding hydrogens is 300 g/mol. The molecule has 0 atom stereocenters. The second-order valence-electron chi connectivity index (χ2n) is 7.31. The highest BCUT2D eigenvalue weighted by molar-refractivity contribution is 5.91. The summed E-state index contributed by atoms with van der Waals surface area (Å²) in [4.78, 5) is 25.0. The number of aromatic nitrogens is 1. The van der Waals surface area contributed by atoms with Gasteiger partial charge in [0.15, 0.2) is 6.29 Å². The Bertz CT molecular complexity index is 780. The first-order valence-electron chi connectivity index (χ1n) is 9.00. The Labute approximate surface area is 142 Å². The molecule has 0 unspecified atom stereocenters. The smallest absolute Gasteiger partial charge is 0.219 e. The molecule has 0 N–H and O–H groups in total. The molecule has 1 aliphatic heterocycles. The monoisotopic (exact) mass is 324 g/mol. The van der Waals surface area contributed by atoms with Crippen LogP contribution in [0, 0.1) is 5.92 Å². The van der Waals surface area contributed by atoms with Crippen LogP contribution in [0.2, 0.25) is 0 Å². The first-order chi connectivity index (χ1) is 11.7. The number of nitrogens with zero attached hydrogens (tertiary/aromatic N) is 2. The molecule has 1 aliphatic carbocycles. The van der Waals surface area contributed by atoms with Crippen LogP contribution in [0.5, 0.6) is 0 Å². The molecule has 1 saturated heterocycles. The van der Waals surface area contributed by atoms with E-state index < -0.39 is 0 Å². The van der Waals surface area contributed by atoms with Crippen LogP contribution in [0.15, 0.2) is 24.3 Å². The predicted octanol–water partition coefficient (Wildman–Crippen LogP) is 3.59. The largest absolute Gasteiger partial charge is 0.343 e. The summed E-state index contributed by atoms with van der Waals surface area (Å²) in [6, 6.07) is 8.46. The summed E-state index contributed by atoms with van der Waals surface area (Å²) in [5, 5.41) is 1.17. The maximum atomic E-state index is 11.6. The van der Waals surface area contributed by atoms with E-state index in [0.717, 1.165) is 50.4 Å². The summed E-state index contributed by atoms with van der Waals surface area (Å²) in [5.41, 5.74) is 3.39. The SMILES string of the molecule is CC(=O)N1CCC(c2cccc3cc(C=O)n(CC4CC4)c23)CC1. The first-order valence-corrected chi connectivity index (χ1v) is 9.00. The summed E-state index contributed by atoms with van der Waals surface area (Å²) < 4.78 is 2.24. The number of para-hydroxylation sites is 1. The van der Waals surface area contributed by atoms with Gasteiger partial charge in [-0.3, -0.25) is 9.59 Å². The van der Waals surface area contributed by atoms with Crippen molar-refractivity contribution in [2.75, 3.05) is 13.1 Å². The molecule has 0 spiro atoms. The molecule has 24 heavy (non-hydrogen) atoms. The number of hydrogen-bond donors (Lipinski definition) is 0. The standard InChI is InChI=1S/C20H24N2O2/c1-14(24)21-9-7-16(8-10-21)19-4-2-3-17-11-18(13-23)22(20(17)19)12-15-5-6-15/h2-4,11,13,15-16H,5-10,12H2,1H3. The van der Waals surface area contributed by atoms with Crippen molar-refractivity contribution in [3.05, 3.63) is 35.5 Å². The zero-order valence-electron chi connectivity index (χ0n) is 14.2. The lowest BCUT2D eigenvalue weighted by Gasteiger charge is -2.32. The van der Waals surface area contributed by atoms with Crippen molar-refractivity contribution in [1.29, 1.82) is 0 Å². The molecule has 4 heteroatoms. The number of likely N-dealkylation sites (tertiary alicyclic amines) is 1. The molecule has 2 aliphatic rings.